The van der Waals surface area contributed by atoms with Crippen molar-refractivity contribution in [2.45, 2.75) is 6.92 Å². The van der Waals surface area contributed by atoms with Gasteiger partial charge in [0.05, 0.1) is 0 Å². The zero-order valence-corrected chi connectivity index (χ0v) is 6.52. The molecule has 1 aromatic rings. The van der Waals surface area contributed by atoms with Gasteiger partial charge in [0.25, 0.3) is 0 Å². The van der Waals surface area contributed by atoms with Crippen molar-refractivity contribution in [1.82, 2.24) is 0 Å². The Labute approximate surface area is 65.9 Å². The van der Waals surface area contributed by atoms with Crippen LogP contribution in [0, 0.1) is 6.92 Å². The van der Waals surface area contributed by atoms with Gasteiger partial charge in [0.15, 0.2) is 0 Å². The van der Waals surface area contributed by atoms with E-state index < -0.39 is 0 Å². The van der Waals surface area contributed by atoms with Crippen LogP contribution >= 0.6 is 11.6 Å². The van der Waals surface area contributed by atoms with Crippen LogP contribution in [-0.2, 0) is 0 Å². The molecule has 1 N–H and O–H groups in total. The second-order valence-corrected chi connectivity index (χ2v) is 2.59. The molecule has 10 heavy (non-hydrogen) atoms. The molecule has 52 valence electrons. The minimum atomic E-state index is 0.0619. The number of benzene rings is 1. The summed E-state index contributed by atoms with van der Waals surface area (Å²) in [6.07, 6.45) is 0. The van der Waals surface area contributed by atoms with Crippen molar-refractivity contribution in [2.75, 3.05) is 0 Å². The summed E-state index contributed by atoms with van der Waals surface area (Å²) in [5.74, 6) is 0. The largest absolute Gasteiger partial charge is 0.449 e. The second kappa shape index (κ2) is 3.08. The van der Waals surface area contributed by atoms with E-state index >= 15 is 0 Å². The van der Waals surface area contributed by atoms with Gasteiger partial charge in [0, 0.05) is 5.02 Å². The lowest BCUT2D eigenvalue weighted by atomic mass is 9.85. The predicted octanol–water partition coefficient (Wildman–Crippen LogP) is 0.618. The Balaban J connectivity index is 3.14. The molecule has 0 aromatic heterocycles. The van der Waals surface area contributed by atoms with Gasteiger partial charge in [-0.2, -0.15) is 0 Å². The van der Waals surface area contributed by atoms with Gasteiger partial charge in [-0.1, -0.05) is 23.7 Å². The Morgan fingerprint density at radius 3 is 2.70 bits per heavy atom. The summed E-state index contributed by atoms with van der Waals surface area (Å²) in [7, 11) is 0.0619. The van der Waals surface area contributed by atoms with E-state index in [0.717, 1.165) is 11.0 Å². The first-order valence-electron chi connectivity index (χ1n) is 3.10. The lowest BCUT2D eigenvalue weighted by molar-refractivity contribution is 0.615. The average Bonchev–Trinajstić information content (AvgIpc) is 1.95. The van der Waals surface area contributed by atoms with Crippen LogP contribution in [0.3, 0.4) is 0 Å². The molecule has 0 saturated carbocycles. The Morgan fingerprint density at radius 1 is 1.50 bits per heavy atom. The molecule has 0 saturated heterocycles. The molecular formula is C7H8BClO. The number of hydrogen-bond acceptors (Lipinski definition) is 1. The third-order valence-corrected chi connectivity index (χ3v) is 1.96. The van der Waals surface area contributed by atoms with Crippen LogP contribution in [-0.4, -0.2) is 12.5 Å². The molecule has 0 aliphatic rings. The van der Waals surface area contributed by atoms with Gasteiger partial charge in [-0.15, -0.1) is 0 Å². The predicted molar refractivity (Wildman–Crippen MR) is 45.2 cm³/mol. The molecule has 0 heterocycles. The molecular weight excluding hydrogens is 146 g/mol. The van der Waals surface area contributed by atoms with Gasteiger partial charge < -0.3 is 5.02 Å². The van der Waals surface area contributed by atoms with E-state index in [4.69, 9.17) is 16.6 Å². The van der Waals surface area contributed by atoms with Gasteiger partial charge in [0.2, 0.25) is 0 Å². The van der Waals surface area contributed by atoms with E-state index in [0.29, 0.717) is 5.02 Å². The lowest BCUT2D eigenvalue weighted by Gasteiger charge is -2.01. The molecule has 0 atom stereocenters. The first-order chi connectivity index (χ1) is 4.75. The van der Waals surface area contributed by atoms with Crippen molar-refractivity contribution >= 4 is 24.5 Å². The van der Waals surface area contributed by atoms with Crippen molar-refractivity contribution < 1.29 is 5.02 Å². The molecule has 1 rings (SSSR count). The van der Waals surface area contributed by atoms with E-state index in [9.17, 15) is 0 Å². The van der Waals surface area contributed by atoms with Crippen molar-refractivity contribution in [3.05, 3.63) is 28.8 Å². The van der Waals surface area contributed by atoms with Crippen LogP contribution in [0.25, 0.3) is 0 Å². The van der Waals surface area contributed by atoms with Crippen LogP contribution < -0.4 is 5.46 Å². The van der Waals surface area contributed by atoms with Gasteiger partial charge in [-0.05, 0) is 24.0 Å². The summed E-state index contributed by atoms with van der Waals surface area (Å²) in [5.41, 5.74) is 1.86. The molecule has 1 nitrogen and oxygen atoms in total. The molecule has 1 aromatic carbocycles. The standard InChI is InChI=1S/C7H8BClO/c1-5-6(8-10)3-2-4-7(5)9/h2-4,8,10H,1H3. The highest BCUT2D eigenvalue weighted by molar-refractivity contribution is 6.47. The third-order valence-electron chi connectivity index (χ3n) is 1.55. The van der Waals surface area contributed by atoms with Crippen LogP contribution in [0.15, 0.2) is 18.2 Å². The van der Waals surface area contributed by atoms with E-state index in [1.165, 1.54) is 0 Å². The maximum absolute atomic E-state index is 8.78. The summed E-state index contributed by atoms with van der Waals surface area (Å²) in [6, 6.07) is 5.51. The van der Waals surface area contributed by atoms with Crippen molar-refractivity contribution in [3.63, 3.8) is 0 Å². The van der Waals surface area contributed by atoms with Crippen LogP contribution in [0.5, 0.6) is 0 Å². The highest BCUT2D eigenvalue weighted by atomic mass is 35.5. The first-order valence-corrected chi connectivity index (χ1v) is 3.48. The lowest BCUT2D eigenvalue weighted by Crippen LogP contribution is -2.16. The van der Waals surface area contributed by atoms with E-state index in [1.807, 2.05) is 25.1 Å². The second-order valence-electron chi connectivity index (χ2n) is 2.18. The number of hydrogen-bond donors (Lipinski definition) is 1. The van der Waals surface area contributed by atoms with Gasteiger partial charge in [-0.3, -0.25) is 0 Å². The average molecular weight is 154 g/mol. The Kier molecular flexibility index (Phi) is 2.36. The summed E-state index contributed by atoms with van der Waals surface area (Å²) < 4.78 is 0. The summed E-state index contributed by atoms with van der Waals surface area (Å²) in [4.78, 5) is 0. The molecule has 0 unspecified atom stereocenters. The van der Waals surface area contributed by atoms with E-state index in [1.54, 1.807) is 0 Å². The maximum atomic E-state index is 8.78. The fourth-order valence-electron chi connectivity index (χ4n) is 0.823. The summed E-state index contributed by atoms with van der Waals surface area (Å²) in [5, 5.41) is 9.50. The molecule has 0 amide bonds. The van der Waals surface area contributed by atoms with Gasteiger partial charge in [0.1, 0.15) is 0 Å². The van der Waals surface area contributed by atoms with Crippen LogP contribution in [0.4, 0.5) is 0 Å². The van der Waals surface area contributed by atoms with Crippen molar-refractivity contribution in [3.8, 4) is 0 Å². The molecule has 0 aliphatic heterocycles. The zero-order valence-electron chi connectivity index (χ0n) is 5.76. The minimum absolute atomic E-state index is 0.0619. The Morgan fingerprint density at radius 2 is 2.20 bits per heavy atom. The fraction of sp³-hybridized carbons (Fsp3) is 0.143. The van der Waals surface area contributed by atoms with Gasteiger partial charge >= 0.3 is 7.48 Å². The van der Waals surface area contributed by atoms with E-state index in [2.05, 4.69) is 0 Å². The fourth-order valence-corrected chi connectivity index (χ4v) is 1.02. The quantitative estimate of drug-likeness (QED) is 0.588. The van der Waals surface area contributed by atoms with Gasteiger partial charge in [-0.25, -0.2) is 0 Å². The Bertz CT molecular complexity index is 237. The smallest absolute Gasteiger partial charge is 0.305 e. The highest BCUT2D eigenvalue weighted by Gasteiger charge is 2.00. The number of rotatable bonds is 1. The Hall–Kier alpha value is -0.465. The monoisotopic (exact) mass is 154 g/mol. The topological polar surface area (TPSA) is 20.2 Å². The molecule has 0 radical (unpaired) electrons. The first kappa shape index (κ1) is 7.64. The summed E-state index contributed by atoms with van der Waals surface area (Å²) >= 11 is 5.78. The zero-order chi connectivity index (χ0) is 7.56. The third kappa shape index (κ3) is 1.33. The van der Waals surface area contributed by atoms with Crippen molar-refractivity contribution in [2.24, 2.45) is 0 Å². The number of halogens is 1. The van der Waals surface area contributed by atoms with Crippen LogP contribution in [0.1, 0.15) is 5.56 Å². The molecule has 0 fully saturated rings. The van der Waals surface area contributed by atoms with E-state index in [-0.39, 0.29) is 7.48 Å². The molecule has 0 spiro atoms. The van der Waals surface area contributed by atoms with Crippen LogP contribution in [0.2, 0.25) is 5.02 Å². The van der Waals surface area contributed by atoms with Crippen molar-refractivity contribution in [1.29, 1.82) is 0 Å². The molecule has 0 aliphatic carbocycles. The molecule has 3 heteroatoms. The summed E-state index contributed by atoms with van der Waals surface area (Å²) in [6.45, 7) is 1.90. The normalized spacial score (nSPS) is 9.50. The SMILES string of the molecule is Cc1c(Cl)cccc1BO. The highest BCUT2D eigenvalue weighted by Crippen LogP contribution is 2.10. The maximum Gasteiger partial charge on any atom is 0.305 e. The minimum Gasteiger partial charge on any atom is -0.449 e. The molecule has 0 bridgehead atoms.